The Balaban J connectivity index is -0.000000352. The van der Waals surface area contributed by atoms with Gasteiger partial charge in [0, 0.05) is 0 Å². The molecule has 0 rings (SSSR count). The van der Waals surface area contributed by atoms with Gasteiger partial charge in [0.15, 0.2) is 0 Å². The number of hydrogen-bond acceptors (Lipinski definition) is 8. The van der Waals surface area contributed by atoms with Gasteiger partial charge < -0.3 is 30.0 Å². The molecule has 0 heterocycles. The van der Waals surface area contributed by atoms with E-state index >= 15 is 0 Å². The van der Waals surface area contributed by atoms with E-state index in [1.807, 2.05) is 0 Å². The fraction of sp³-hybridized carbons (Fsp3) is 0.900. The summed E-state index contributed by atoms with van der Waals surface area (Å²) in [6.07, 6.45) is 0. The van der Waals surface area contributed by atoms with E-state index < -0.39 is 43.1 Å². The van der Waals surface area contributed by atoms with E-state index in [0.717, 1.165) is 13.2 Å². The van der Waals surface area contributed by atoms with Crippen molar-refractivity contribution in [2.45, 2.75) is 80.4 Å². The molecule has 0 aromatic heterocycles. The van der Waals surface area contributed by atoms with E-state index in [9.17, 15) is 19.8 Å². The standard InChI is InChI=1S/2C6H12O3.2C4H9O.Ti/c2*1-4(2)6(3,9)5(7)8;2*1-4(2)3-5;/h2*4,9H,1-3H3,(H,7,8);2*4H,3H2,1-2H3;/q;;2*-1;+4/p-2. The summed E-state index contributed by atoms with van der Waals surface area (Å²) in [5, 5.41) is 38.2. The second-order valence-corrected chi connectivity index (χ2v) is 9.83. The van der Waals surface area contributed by atoms with Crippen LogP contribution in [-0.4, -0.2) is 46.6 Å². The van der Waals surface area contributed by atoms with Crippen LogP contribution in [0.4, 0.5) is 0 Å². The predicted octanol–water partition coefficient (Wildman–Crippen LogP) is 0.531. The molecular formula is C20H40O8Ti. The SMILES string of the molecule is CC(C)C(C)(O)C(=O)[O-].CC(C)C(C)(O)C(=O)[O-].CC(C)C[O][Ti+2][O]CC(C)C. The van der Waals surface area contributed by atoms with E-state index in [0.29, 0.717) is 11.8 Å². The third-order valence-corrected chi connectivity index (χ3v) is 4.91. The van der Waals surface area contributed by atoms with Crippen molar-refractivity contribution >= 4 is 11.9 Å². The van der Waals surface area contributed by atoms with Gasteiger partial charge in [0.1, 0.15) is 11.2 Å². The number of carboxylic acids is 2. The van der Waals surface area contributed by atoms with Crippen molar-refractivity contribution in [3.05, 3.63) is 0 Å². The van der Waals surface area contributed by atoms with Gasteiger partial charge in [-0.2, -0.15) is 0 Å². The third-order valence-electron chi connectivity index (χ3n) is 4.03. The quantitative estimate of drug-likeness (QED) is 0.359. The van der Waals surface area contributed by atoms with Crippen molar-refractivity contribution in [1.29, 1.82) is 0 Å². The minimum absolute atomic E-state index is 0.317. The Morgan fingerprint density at radius 1 is 0.759 bits per heavy atom. The molecule has 0 aromatic rings. The molecule has 172 valence electrons. The molecule has 0 radical (unpaired) electrons. The summed E-state index contributed by atoms with van der Waals surface area (Å²) in [7, 11) is 0. The van der Waals surface area contributed by atoms with Crippen molar-refractivity contribution in [3.63, 3.8) is 0 Å². The average Bonchev–Trinajstić information content (AvgIpc) is 2.54. The van der Waals surface area contributed by atoms with Crippen LogP contribution in [0.5, 0.6) is 0 Å². The van der Waals surface area contributed by atoms with Crippen LogP contribution < -0.4 is 10.2 Å². The third kappa shape index (κ3) is 18.0. The Kier molecular flexibility index (Phi) is 18.5. The summed E-state index contributed by atoms with van der Waals surface area (Å²) in [6, 6.07) is 0. The van der Waals surface area contributed by atoms with Crippen LogP contribution in [0.2, 0.25) is 0 Å². The van der Waals surface area contributed by atoms with Crippen LogP contribution in [0.15, 0.2) is 0 Å². The maximum absolute atomic E-state index is 10.1. The van der Waals surface area contributed by atoms with Crippen molar-refractivity contribution in [1.82, 2.24) is 0 Å². The van der Waals surface area contributed by atoms with Crippen LogP contribution >= 0.6 is 0 Å². The molecule has 2 atom stereocenters. The van der Waals surface area contributed by atoms with Gasteiger partial charge in [-0.25, -0.2) is 0 Å². The Labute approximate surface area is 185 Å². The van der Waals surface area contributed by atoms with E-state index in [1.54, 1.807) is 27.7 Å². The first-order valence-corrected chi connectivity index (χ1v) is 11.0. The van der Waals surface area contributed by atoms with Crippen LogP contribution in [0.25, 0.3) is 0 Å². The molecule has 9 heteroatoms. The van der Waals surface area contributed by atoms with Gasteiger partial charge in [-0.15, -0.1) is 0 Å². The van der Waals surface area contributed by atoms with Crippen LogP contribution in [0.1, 0.15) is 69.2 Å². The summed E-state index contributed by atoms with van der Waals surface area (Å²) < 4.78 is 10.7. The van der Waals surface area contributed by atoms with E-state index in [4.69, 9.17) is 16.8 Å². The fourth-order valence-corrected chi connectivity index (χ4v) is 2.30. The summed E-state index contributed by atoms with van der Waals surface area (Å²) in [5.74, 6) is -2.22. The number of carboxylic acid groups (broad SMARTS) is 2. The maximum atomic E-state index is 10.1. The van der Waals surface area contributed by atoms with E-state index in [-0.39, 0.29) is 11.8 Å². The van der Waals surface area contributed by atoms with Gasteiger partial charge in [0.25, 0.3) is 0 Å². The molecule has 0 bridgehead atoms. The first kappa shape index (κ1) is 33.1. The van der Waals surface area contributed by atoms with E-state index in [2.05, 4.69) is 27.7 Å². The number of aliphatic hydroxyl groups is 2. The number of carbonyl (C=O) groups excluding carboxylic acids is 2. The molecule has 0 aliphatic rings. The Morgan fingerprint density at radius 2 is 1.00 bits per heavy atom. The van der Waals surface area contributed by atoms with Gasteiger partial charge in [-0.05, 0) is 25.7 Å². The zero-order valence-corrected chi connectivity index (χ0v) is 21.1. The van der Waals surface area contributed by atoms with Crippen molar-refractivity contribution in [2.75, 3.05) is 13.2 Å². The molecule has 0 saturated carbocycles. The summed E-state index contributed by atoms with van der Waals surface area (Å²) in [6.45, 7) is 19.2. The van der Waals surface area contributed by atoms with E-state index in [1.165, 1.54) is 13.8 Å². The first-order valence-electron chi connectivity index (χ1n) is 9.76. The van der Waals surface area contributed by atoms with Crippen molar-refractivity contribution in [3.8, 4) is 0 Å². The molecule has 0 aliphatic carbocycles. The van der Waals surface area contributed by atoms with Gasteiger partial charge in [0.2, 0.25) is 0 Å². The second kappa shape index (κ2) is 16.2. The molecule has 29 heavy (non-hydrogen) atoms. The molecule has 0 amide bonds. The molecule has 0 spiro atoms. The molecule has 0 aliphatic heterocycles. The average molecular weight is 456 g/mol. The van der Waals surface area contributed by atoms with Gasteiger partial charge in [-0.3, -0.25) is 0 Å². The zero-order valence-electron chi connectivity index (χ0n) is 19.6. The molecule has 0 aromatic carbocycles. The number of aliphatic carboxylic acids is 2. The molecule has 0 fully saturated rings. The van der Waals surface area contributed by atoms with Crippen molar-refractivity contribution < 1.29 is 56.6 Å². The fourth-order valence-electron chi connectivity index (χ4n) is 0.914. The first-order chi connectivity index (χ1) is 12.9. The summed E-state index contributed by atoms with van der Waals surface area (Å²) in [5.41, 5.74) is -3.39. The molecule has 0 saturated heterocycles. The predicted molar refractivity (Wildman–Crippen MR) is 103 cm³/mol. The van der Waals surface area contributed by atoms with Crippen LogP contribution in [0.3, 0.4) is 0 Å². The minimum atomic E-state index is -1.69. The normalized spacial score (nSPS) is 14.9. The molecule has 2 unspecified atom stereocenters. The van der Waals surface area contributed by atoms with Crippen LogP contribution in [0, 0.1) is 23.7 Å². The Morgan fingerprint density at radius 3 is 1.10 bits per heavy atom. The van der Waals surface area contributed by atoms with Crippen LogP contribution in [-0.2, 0) is 36.2 Å². The Bertz CT molecular complexity index is 406. The summed E-state index contributed by atoms with van der Waals surface area (Å²) in [4.78, 5) is 20.2. The monoisotopic (exact) mass is 456 g/mol. The van der Waals surface area contributed by atoms with Gasteiger partial charge >= 0.3 is 79.3 Å². The zero-order chi connectivity index (χ0) is 24.0. The molecule has 2 N–H and O–H groups in total. The molecule has 8 nitrogen and oxygen atoms in total. The second-order valence-electron chi connectivity index (χ2n) is 8.67. The number of rotatable bonds is 10. The van der Waals surface area contributed by atoms with Gasteiger partial charge in [0.05, 0.1) is 11.9 Å². The van der Waals surface area contributed by atoms with Gasteiger partial charge in [-0.1, -0.05) is 27.7 Å². The molecular weight excluding hydrogens is 416 g/mol. The number of carbonyl (C=O) groups is 2. The Hall–Kier alpha value is -0.506. The summed E-state index contributed by atoms with van der Waals surface area (Å²) >= 11 is -0.563. The number of hydrogen-bond donors (Lipinski definition) is 2. The topological polar surface area (TPSA) is 139 Å². The van der Waals surface area contributed by atoms with Crippen molar-refractivity contribution in [2.24, 2.45) is 23.7 Å².